The van der Waals surface area contributed by atoms with E-state index in [1.54, 1.807) is 0 Å². The first-order chi connectivity index (χ1) is 4.70. The van der Waals surface area contributed by atoms with Crippen molar-refractivity contribution >= 4 is 0 Å². The summed E-state index contributed by atoms with van der Waals surface area (Å²) in [6.45, 7) is 9.68. The second-order valence-corrected chi connectivity index (χ2v) is 2.67. The van der Waals surface area contributed by atoms with Crippen LogP contribution in [0.3, 0.4) is 0 Å². The summed E-state index contributed by atoms with van der Waals surface area (Å²) in [7, 11) is 0. The smallest absolute Gasteiger partial charge is 0.0448 e. The highest BCUT2D eigenvalue weighted by molar-refractivity contribution is 5.18. The number of pyridine rings is 1. The van der Waals surface area contributed by atoms with Crippen LogP contribution in [0.5, 0.6) is 0 Å². The molecule has 52 valence electrons. The highest BCUT2D eigenvalue weighted by Crippen LogP contribution is 2.11. The zero-order chi connectivity index (χ0) is 7.56. The van der Waals surface area contributed by atoms with Gasteiger partial charge in [0.2, 0.25) is 0 Å². The third kappa shape index (κ3) is 1.56. The zero-order valence-electron chi connectivity index (χ0n) is 6.33. The quantitative estimate of drug-likeness (QED) is 0.572. The lowest BCUT2D eigenvalue weighted by molar-refractivity contribution is 0.857. The Morgan fingerprint density at radius 3 is 2.50 bits per heavy atom. The third-order valence-corrected chi connectivity index (χ3v) is 1.48. The molecule has 0 fully saturated rings. The molecule has 1 aromatic heterocycles. The van der Waals surface area contributed by atoms with E-state index in [-0.39, 0.29) is 0 Å². The molecular weight excluding hydrogens is 122 g/mol. The van der Waals surface area contributed by atoms with Crippen molar-refractivity contribution in [3.05, 3.63) is 36.5 Å². The molecule has 0 N–H and O–H groups in total. The van der Waals surface area contributed by atoms with E-state index in [2.05, 4.69) is 18.8 Å². The molecular formula is C9H11N. The van der Waals surface area contributed by atoms with E-state index in [9.17, 15) is 0 Å². The fourth-order valence-corrected chi connectivity index (χ4v) is 0.758. The van der Waals surface area contributed by atoms with Crippen LogP contribution in [-0.4, -0.2) is 4.98 Å². The Bertz CT molecular complexity index is 198. The van der Waals surface area contributed by atoms with Gasteiger partial charge in [0.15, 0.2) is 0 Å². The van der Waals surface area contributed by atoms with Crippen molar-refractivity contribution in [2.75, 3.05) is 0 Å². The summed E-state index contributed by atoms with van der Waals surface area (Å²) in [4.78, 5) is 3.98. The SMILES string of the molecule is [CH]c1ccc(C(C)C)cn1. The van der Waals surface area contributed by atoms with Crippen LogP contribution in [0.2, 0.25) is 0 Å². The number of nitrogens with zero attached hydrogens (tertiary/aromatic N) is 1. The summed E-state index contributed by atoms with van der Waals surface area (Å²) in [5, 5.41) is 0. The molecule has 0 aliphatic heterocycles. The Morgan fingerprint density at radius 2 is 2.10 bits per heavy atom. The van der Waals surface area contributed by atoms with Gasteiger partial charge in [-0.1, -0.05) is 19.9 Å². The molecule has 0 aliphatic rings. The molecule has 1 rings (SSSR count). The van der Waals surface area contributed by atoms with Crippen molar-refractivity contribution in [2.45, 2.75) is 19.8 Å². The molecule has 2 radical (unpaired) electrons. The van der Waals surface area contributed by atoms with Crippen molar-refractivity contribution in [3.63, 3.8) is 0 Å². The van der Waals surface area contributed by atoms with Crippen molar-refractivity contribution in [1.82, 2.24) is 4.98 Å². The van der Waals surface area contributed by atoms with E-state index in [1.165, 1.54) is 5.56 Å². The lowest BCUT2D eigenvalue weighted by Crippen LogP contribution is -1.88. The molecule has 0 bridgehead atoms. The maximum atomic E-state index is 5.42. The summed E-state index contributed by atoms with van der Waals surface area (Å²) in [5.41, 5.74) is 1.82. The van der Waals surface area contributed by atoms with Gasteiger partial charge in [0.25, 0.3) is 0 Å². The topological polar surface area (TPSA) is 12.9 Å². The van der Waals surface area contributed by atoms with Gasteiger partial charge in [0.05, 0.1) is 0 Å². The first-order valence-corrected chi connectivity index (χ1v) is 3.41. The van der Waals surface area contributed by atoms with Crippen LogP contribution in [0.15, 0.2) is 18.3 Å². The molecule has 0 unspecified atom stereocenters. The van der Waals surface area contributed by atoms with E-state index < -0.39 is 0 Å². The minimum Gasteiger partial charge on any atom is -0.261 e. The molecule has 1 heteroatoms. The standard InChI is InChI=1S/C9H11N/c1-7(2)9-5-4-8(3)10-6-9/h3-7H,1-2H3. The maximum Gasteiger partial charge on any atom is 0.0448 e. The average molecular weight is 133 g/mol. The monoisotopic (exact) mass is 133 g/mol. The van der Waals surface area contributed by atoms with Crippen LogP contribution >= 0.6 is 0 Å². The van der Waals surface area contributed by atoms with Gasteiger partial charge in [-0.2, -0.15) is 0 Å². The van der Waals surface area contributed by atoms with Crippen LogP contribution in [-0.2, 0) is 0 Å². The van der Waals surface area contributed by atoms with Crippen molar-refractivity contribution in [1.29, 1.82) is 0 Å². The summed E-state index contributed by atoms with van der Waals surface area (Å²) in [6, 6.07) is 3.84. The summed E-state index contributed by atoms with van der Waals surface area (Å²) in [5.74, 6) is 0.535. The highest BCUT2D eigenvalue weighted by atomic mass is 14.7. The second-order valence-electron chi connectivity index (χ2n) is 2.67. The lowest BCUT2D eigenvalue weighted by atomic mass is 10.1. The molecule has 0 saturated carbocycles. The van der Waals surface area contributed by atoms with E-state index in [0.717, 1.165) is 0 Å². The Morgan fingerprint density at radius 1 is 1.40 bits per heavy atom. The van der Waals surface area contributed by atoms with Gasteiger partial charge in [-0.05, 0) is 17.5 Å². The van der Waals surface area contributed by atoms with Crippen molar-refractivity contribution in [3.8, 4) is 0 Å². The fourth-order valence-electron chi connectivity index (χ4n) is 0.758. The Kier molecular flexibility index (Phi) is 2.05. The first kappa shape index (κ1) is 7.26. The Hall–Kier alpha value is -0.850. The molecule has 0 amide bonds. The summed E-state index contributed by atoms with van der Waals surface area (Å²) in [6.07, 6.45) is 1.82. The Balaban J connectivity index is 2.89. The highest BCUT2D eigenvalue weighted by Gasteiger charge is 1.96. The van der Waals surface area contributed by atoms with Gasteiger partial charge in [-0.25, -0.2) is 0 Å². The summed E-state index contributed by atoms with van der Waals surface area (Å²) >= 11 is 0. The Labute approximate surface area is 62.1 Å². The first-order valence-electron chi connectivity index (χ1n) is 3.41. The molecule has 1 nitrogen and oxygen atoms in total. The fraction of sp³-hybridized carbons (Fsp3) is 0.333. The number of hydrogen-bond donors (Lipinski definition) is 0. The third-order valence-electron chi connectivity index (χ3n) is 1.48. The van der Waals surface area contributed by atoms with Gasteiger partial charge in [-0.15, -0.1) is 0 Å². The molecule has 1 aromatic rings. The number of aromatic nitrogens is 1. The van der Waals surface area contributed by atoms with Gasteiger partial charge in [-0.3, -0.25) is 4.98 Å². The molecule has 10 heavy (non-hydrogen) atoms. The van der Waals surface area contributed by atoms with Crippen LogP contribution in [0.1, 0.15) is 31.0 Å². The van der Waals surface area contributed by atoms with Crippen molar-refractivity contribution < 1.29 is 0 Å². The minimum absolute atomic E-state index is 0.535. The molecule has 0 aliphatic carbocycles. The van der Waals surface area contributed by atoms with Crippen molar-refractivity contribution in [2.24, 2.45) is 0 Å². The zero-order valence-corrected chi connectivity index (χ0v) is 6.33. The summed E-state index contributed by atoms with van der Waals surface area (Å²) < 4.78 is 0. The molecule has 0 atom stereocenters. The van der Waals surface area contributed by atoms with E-state index in [1.807, 2.05) is 18.3 Å². The van der Waals surface area contributed by atoms with Gasteiger partial charge in [0.1, 0.15) is 0 Å². The maximum absolute atomic E-state index is 5.42. The van der Waals surface area contributed by atoms with Crippen LogP contribution in [0.4, 0.5) is 0 Å². The average Bonchev–Trinajstić information content (AvgIpc) is 1.88. The second kappa shape index (κ2) is 2.82. The van der Waals surface area contributed by atoms with Gasteiger partial charge in [0, 0.05) is 18.8 Å². The normalized spacial score (nSPS) is 10.4. The number of hydrogen-bond acceptors (Lipinski definition) is 1. The molecule has 1 heterocycles. The predicted molar refractivity (Wildman–Crippen MR) is 41.7 cm³/mol. The van der Waals surface area contributed by atoms with E-state index in [4.69, 9.17) is 6.92 Å². The minimum atomic E-state index is 0.535. The molecule has 0 saturated heterocycles. The number of rotatable bonds is 1. The van der Waals surface area contributed by atoms with Crippen LogP contribution in [0.25, 0.3) is 0 Å². The molecule has 0 aromatic carbocycles. The molecule has 0 spiro atoms. The van der Waals surface area contributed by atoms with Gasteiger partial charge < -0.3 is 0 Å². The van der Waals surface area contributed by atoms with E-state index >= 15 is 0 Å². The largest absolute Gasteiger partial charge is 0.261 e. The lowest BCUT2D eigenvalue weighted by Gasteiger charge is -2.02. The van der Waals surface area contributed by atoms with Crippen LogP contribution < -0.4 is 0 Å². The van der Waals surface area contributed by atoms with Crippen LogP contribution in [0, 0.1) is 6.92 Å². The van der Waals surface area contributed by atoms with E-state index in [0.29, 0.717) is 11.6 Å². The van der Waals surface area contributed by atoms with Gasteiger partial charge >= 0.3 is 0 Å². The predicted octanol–water partition coefficient (Wildman–Crippen LogP) is 2.26.